The van der Waals surface area contributed by atoms with E-state index in [2.05, 4.69) is 19.1 Å². The molecule has 2 aromatic rings. The van der Waals surface area contributed by atoms with Crippen LogP contribution in [0.3, 0.4) is 0 Å². The van der Waals surface area contributed by atoms with Gasteiger partial charge in [-0.1, -0.05) is 0 Å². The SMILES string of the molecule is CCCOCCCOc1ccc([I-]c2c(CO)cc(OC)cc2CO)cc1. The van der Waals surface area contributed by atoms with E-state index in [1.807, 2.05) is 24.3 Å². The molecule has 0 radical (unpaired) electrons. The standard InChI is InChI=1S/C21H28IO5/c1-3-9-26-10-4-11-27-19-7-5-18(6-8-19)22-21-16(14-23)12-20(25-2)13-17(21)15-24/h5-8,12-13,23-24H,3-4,9-11,14-15H2,1-2H3/q-1. The quantitative estimate of drug-likeness (QED) is 0.326. The minimum atomic E-state index is -0.533. The van der Waals surface area contributed by atoms with Gasteiger partial charge in [0.15, 0.2) is 0 Å². The first-order valence-electron chi connectivity index (χ1n) is 9.08. The van der Waals surface area contributed by atoms with Crippen LogP contribution in [-0.4, -0.2) is 37.1 Å². The van der Waals surface area contributed by atoms with Crippen LogP contribution in [0.4, 0.5) is 0 Å². The summed E-state index contributed by atoms with van der Waals surface area (Å²) in [6.45, 7) is 4.12. The van der Waals surface area contributed by atoms with Gasteiger partial charge in [-0.05, 0) is 0 Å². The fourth-order valence-corrected chi connectivity index (χ4v) is 5.18. The molecule has 6 heteroatoms. The molecule has 0 fully saturated rings. The van der Waals surface area contributed by atoms with Crippen LogP contribution in [0.1, 0.15) is 30.9 Å². The molecule has 2 aromatic carbocycles. The van der Waals surface area contributed by atoms with E-state index in [9.17, 15) is 10.2 Å². The van der Waals surface area contributed by atoms with E-state index >= 15 is 0 Å². The number of ether oxygens (including phenoxy) is 3. The number of methoxy groups -OCH3 is 1. The maximum atomic E-state index is 9.71. The summed E-state index contributed by atoms with van der Waals surface area (Å²) in [6.07, 6.45) is 1.91. The monoisotopic (exact) mass is 487 g/mol. The summed E-state index contributed by atoms with van der Waals surface area (Å²) in [7, 11) is 1.58. The summed E-state index contributed by atoms with van der Waals surface area (Å²) >= 11 is -0.533. The maximum absolute atomic E-state index is 9.71. The first-order chi connectivity index (χ1) is 13.2. The molecule has 0 heterocycles. The molecule has 27 heavy (non-hydrogen) atoms. The van der Waals surface area contributed by atoms with Gasteiger partial charge in [-0.15, -0.1) is 0 Å². The number of rotatable bonds is 12. The van der Waals surface area contributed by atoms with Crippen LogP contribution in [0, 0.1) is 7.14 Å². The molecule has 0 spiro atoms. The third-order valence-corrected chi connectivity index (χ3v) is 7.11. The molecular weight excluding hydrogens is 459 g/mol. The van der Waals surface area contributed by atoms with Gasteiger partial charge in [0.2, 0.25) is 0 Å². The van der Waals surface area contributed by atoms with E-state index in [0.717, 1.165) is 46.5 Å². The Hall–Kier alpha value is -1.35. The van der Waals surface area contributed by atoms with Crippen molar-refractivity contribution in [1.82, 2.24) is 0 Å². The van der Waals surface area contributed by atoms with Gasteiger partial charge in [-0.25, -0.2) is 0 Å². The van der Waals surface area contributed by atoms with Crippen molar-refractivity contribution in [3.8, 4) is 11.5 Å². The van der Waals surface area contributed by atoms with E-state index < -0.39 is 21.2 Å². The van der Waals surface area contributed by atoms with Crippen LogP contribution in [-0.2, 0) is 18.0 Å². The van der Waals surface area contributed by atoms with Crippen molar-refractivity contribution in [1.29, 1.82) is 0 Å². The second-order valence-corrected chi connectivity index (χ2v) is 8.80. The zero-order chi connectivity index (χ0) is 19.5. The number of aliphatic hydroxyl groups is 2. The van der Waals surface area contributed by atoms with Crippen molar-refractivity contribution >= 4 is 0 Å². The van der Waals surface area contributed by atoms with Crippen LogP contribution in [0.15, 0.2) is 36.4 Å². The average molecular weight is 487 g/mol. The van der Waals surface area contributed by atoms with E-state index in [-0.39, 0.29) is 13.2 Å². The first-order valence-corrected chi connectivity index (χ1v) is 11.2. The Balaban J connectivity index is 1.98. The number of aliphatic hydroxyl groups excluding tert-OH is 2. The van der Waals surface area contributed by atoms with Crippen molar-refractivity contribution in [3.63, 3.8) is 0 Å². The number of hydrogen-bond acceptors (Lipinski definition) is 5. The van der Waals surface area contributed by atoms with Crippen LogP contribution in [0.5, 0.6) is 11.5 Å². The van der Waals surface area contributed by atoms with Gasteiger partial charge >= 0.3 is 172 Å². The molecule has 0 unspecified atom stereocenters. The van der Waals surface area contributed by atoms with E-state index in [4.69, 9.17) is 14.2 Å². The summed E-state index contributed by atoms with van der Waals surface area (Å²) in [4.78, 5) is 0. The van der Waals surface area contributed by atoms with Crippen LogP contribution in [0.2, 0.25) is 0 Å². The summed E-state index contributed by atoms with van der Waals surface area (Å²) in [5.74, 6) is 1.50. The van der Waals surface area contributed by atoms with Gasteiger partial charge in [0.05, 0.1) is 0 Å². The molecule has 0 aliphatic rings. The van der Waals surface area contributed by atoms with E-state index in [1.54, 1.807) is 7.11 Å². The summed E-state index contributed by atoms with van der Waals surface area (Å²) in [6, 6.07) is 11.7. The Kier molecular flexibility index (Phi) is 9.90. The zero-order valence-electron chi connectivity index (χ0n) is 15.9. The van der Waals surface area contributed by atoms with Crippen molar-refractivity contribution < 1.29 is 45.6 Å². The van der Waals surface area contributed by atoms with Crippen LogP contribution >= 0.6 is 0 Å². The predicted octanol–water partition coefficient (Wildman–Crippen LogP) is 0.00370. The molecular formula is C21H28IO5-. The van der Waals surface area contributed by atoms with Gasteiger partial charge in [-0.2, -0.15) is 0 Å². The fraction of sp³-hybridized carbons (Fsp3) is 0.429. The van der Waals surface area contributed by atoms with Crippen LogP contribution < -0.4 is 30.7 Å². The van der Waals surface area contributed by atoms with E-state index in [1.165, 1.54) is 3.57 Å². The molecule has 150 valence electrons. The summed E-state index contributed by atoms with van der Waals surface area (Å²) in [5.41, 5.74) is 1.64. The molecule has 0 saturated heterocycles. The molecule has 2 rings (SSSR count). The molecule has 0 aliphatic heterocycles. The van der Waals surface area contributed by atoms with Gasteiger partial charge in [0, 0.05) is 0 Å². The fourth-order valence-electron chi connectivity index (χ4n) is 2.49. The molecule has 0 aromatic heterocycles. The Morgan fingerprint density at radius 2 is 1.56 bits per heavy atom. The Morgan fingerprint density at radius 3 is 2.11 bits per heavy atom. The third-order valence-electron chi connectivity index (χ3n) is 3.84. The van der Waals surface area contributed by atoms with Gasteiger partial charge in [0.25, 0.3) is 0 Å². The molecule has 0 atom stereocenters. The molecule has 0 amide bonds. The van der Waals surface area contributed by atoms with Gasteiger partial charge < -0.3 is 0 Å². The van der Waals surface area contributed by atoms with E-state index in [0.29, 0.717) is 12.4 Å². The Labute approximate surface area is 171 Å². The molecule has 5 nitrogen and oxygen atoms in total. The molecule has 0 bridgehead atoms. The summed E-state index contributed by atoms with van der Waals surface area (Å²) in [5, 5.41) is 19.4. The topological polar surface area (TPSA) is 68.2 Å². The normalized spacial score (nSPS) is 11.0. The average Bonchev–Trinajstić information content (AvgIpc) is 2.71. The molecule has 0 aliphatic carbocycles. The second-order valence-electron chi connectivity index (χ2n) is 5.94. The van der Waals surface area contributed by atoms with Gasteiger partial charge in [-0.3, -0.25) is 0 Å². The third kappa shape index (κ3) is 6.95. The Bertz CT molecular complexity index is 662. The first kappa shape index (κ1) is 21.9. The van der Waals surface area contributed by atoms with Crippen molar-refractivity contribution in [2.24, 2.45) is 0 Å². The molecule has 0 saturated carbocycles. The summed E-state index contributed by atoms with van der Waals surface area (Å²) < 4.78 is 18.7. The van der Waals surface area contributed by atoms with Crippen LogP contribution in [0.25, 0.3) is 0 Å². The zero-order valence-corrected chi connectivity index (χ0v) is 18.1. The minimum absolute atomic E-state index is 0.0689. The number of hydrogen-bond donors (Lipinski definition) is 2. The van der Waals surface area contributed by atoms with Crippen molar-refractivity contribution in [2.45, 2.75) is 33.0 Å². The molecule has 2 N–H and O–H groups in total. The van der Waals surface area contributed by atoms with Crippen molar-refractivity contribution in [3.05, 3.63) is 54.7 Å². The number of benzene rings is 2. The predicted molar refractivity (Wildman–Crippen MR) is 99.9 cm³/mol. The van der Waals surface area contributed by atoms with Crippen molar-refractivity contribution in [2.75, 3.05) is 26.9 Å². The van der Waals surface area contributed by atoms with Gasteiger partial charge in [0.1, 0.15) is 0 Å². The second kappa shape index (κ2) is 12.2. The Morgan fingerprint density at radius 1 is 0.889 bits per heavy atom. The number of halogens is 1.